The molecule has 1 aromatic rings. The van der Waals surface area contributed by atoms with Gasteiger partial charge in [0.1, 0.15) is 0 Å². The van der Waals surface area contributed by atoms with E-state index in [9.17, 15) is 9.59 Å². The zero-order valence-corrected chi connectivity index (χ0v) is 9.32. The van der Waals surface area contributed by atoms with E-state index in [1.807, 2.05) is 30.3 Å². The van der Waals surface area contributed by atoms with Crippen molar-refractivity contribution >= 4 is 28.9 Å². The lowest BCUT2D eigenvalue weighted by atomic mass is 9.87. The maximum atomic E-state index is 11.4. The van der Waals surface area contributed by atoms with Gasteiger partial charge in [-0.05, 0) is 5.56 Å². The molecule has 1 aliphatic rings. The van der Waals surface area contributed by atoms with Gasteiger partial charge < -0.3 is 4.74 Å². The fourth-order valence-corrected chi connectivity index (χ4v) is 1.90. The van der Waals surface area contributed by atoms with Gasteiger partial charge in [-0.25, -0.2) is 0 Å². The average molecular weight is 237 g/mol. The summed E-state index contributed by atoms with van der Waals surface area (Å²) < 4.78 is 4.91. The largest absolute Gasteiger partial charge is 0.449 e. The molecule has 0 bridgehead atoms. The summed E-state index contributed by atoms with van der Waals surface area (Å²) in [6.45, 7) is 1.27. The molecule has 3 nitrogen and oxygen atoms in total. The van der Waals surface area contributed by atoms with Gasteiger partial charge in [0.25, 0.3) is 0 Å². The summed E-state index contributed by atoms with van der Waals surface area (Å²) >= 11 is 5.82. The Morgan fingerprint density at radius 3 is 2.50 bits per heavy atom. The summed E-state index contributed by atoms with van der Waals surface area (Å²) in [7, 11) is 0. The van der Waals surface area contributed by atoms with Gasteiger partial charge in [-0.3, -0.25) is 9.59 Å². The van der Waals surface area contributed by atoms with E-state index in [1.54, 1.807) is 0 Å². The van der Waals surface area contributed by atoms with Crippen LogP contribution in [-0.2, 0) is 14.3 Å². The first-order valence-electron chi connectivity index (χ1n) is 4.78. The zero-order valence-electron chi connectivity index (χ0n) is 8.57. The van der Waals surface area contributed by atoms with Gasteiger partial charge >= 0.3 is 5.97 Å². The van der Waals surface area contributed by atoms with Crippen LogP contribution in [-0.4, -0.2) is 17.9 Å². The predicted octanol–water partition coefficient (Wildman–Crippen LogP) is 2.15. The number of carbonyl (C=O) groups is 2. The molecule has 1 atom stereocenters. The number of esters is 1. The molecule has 0 amide bonds. The topological polar surface area (TPSA) is 43.4 Å². The molecule has 0 aliphatic heterocycles. The highest BCUT2D eigenvalue weighted by molar-refractivity contribution is 6.52. The third kappa shape index (κ3) is 1.74. The molecular weight excluding hydrogens is 228 g/mol. The molecule has 0 aromatic heterocycles. The molecular formula is C12H9ClO3. The van der Waals surface area contributed by atoms with Crippen molar-refractivity contribution < 1.29 is 14.3 Å². The van der Waals surface area contributed by atoms with Crippen LogP contribution in [0.3, 0.4) is 0 Å². The van der Waals surface area contributed by atoms with Crippen LogP contribution in [0.1, 0.15) is 12.5 Å². The van der Waals surface area contributed by atoms with Gasteiger partial charge in [0, 0.05) is 12.5 Å². The van der Waals surface area contributed by atoms with E-state index in [0.717, 1.165) is 5.56 Å². The minimum Gasteiger partial charge on any atom is -0.449 e. The number of halogens is 1. The summed E-state index contributed by atoms with van der Waals surface area (Å²) in [4.78, 5) is 22.2. The number of carbonyl (C=O) groups excluding carboxylic acids is 2. The smallest absolute Gasteiger partial charge is 0.303 e. The second kappa shape index (κ2) is 4.10. The van der Waals surface area contributed by atoms with Crippen LogP contribution in [0, 0.1) is 0 Å². The highest BCUT2D eigenvalue weighted by Crippen LogP contribution is 2.37. The Kier molecular flexibility index (Phi) is 2.79. The Bertz CT molecular complexity index is 476. The van der Waals surface area contributed by atoms with Crippen LogP contribution in [0.5, 0.6) is 0 Å². The average Bonchev–Trinajstić information content (AvgIpc) is 2.29. The first-order valence-corrected chi connectivity index (χ1v) is 5.15. The van der Waals surface area contributed by atoms with Crippen molar-refractivity contribution in [3.05, 3.63) is 40.9 Å². The van der Waals surface area contributed by atoms with Crippen LogP contribution in [0.15, 0.2) is 35.4 Å². The lowest BCUT2D eigenvalue weighted by Gasteiger charge is -2.28. The lowest BCUT2D eigenvalue weighted by Crippen LogP contribution is -2.37. The van der Waals surface area contributed by atoms with Crippen LogP contribution in [0.4, 0.5) is 0 Å². The number of hydrogen-bond donors (Lipinski definition) is 0. The monoisotopic (exact) mass is 236 g/mol. The molecule has 0 N–H and O–H groups in total. The molecule has 2 rings (SSSR count). The highest BCUT2D eigenvalue weighted by Gasteiger charge is 2.41. The zero-order chi connectivity index (χ0) is 11.7. The fourth-order valence-electron chi connectivity index (χ4n) is 1.59. The molecule has 0 spiro atoms. The highest BCUT2D eigenvalue weighted by atomic mass is 35.5. The molecule has 1 unspecified atom stereocenters. The number of ketones is 1. The molecule has 0 heterocycles. The number of ether oxygens (including phenoxy) is 1. The Labute approximate surface area is 97.7 Å². The van der Waals surface area contributed by atoms with Crippen LogP contribution in [0.25, 0.3) is 5.57 Å². The third-order valence-electron chi connectivity index (χ3n) is 2.32. The quantitative estimate of drug-likeness (QED) is 0.739. The van der Waals surface area contributed by atoms with Gasteiger partial charge in [-0.15, -0.1) is 0 Å². The van der Waals surface area contributed by atoms with Crippen molar-refractivity contribution in [2.75, 3.05) is 0 Å². The predicted molar refractivity (Wildman–Crippen MR) is 59.8 cm³/mol. The number of Topliss-reactive ketones (excluding diaryl/α,β-unsaturated/α-hetero) is 1. The van der Waals surface area contributed by atoms with Gasteiger partial charge in [0.05, 0.1) is 5.03 Å². The third-order valence-corrected chi connectivity index (χ3v) is 2.71. The van der Waals surface area contributed by atoms with Gasteiger partial charge in [0.15, 0.2) is 6.10 Å². The van der Waals surface area contributed by atoms with Crippen molar-refractivity contribution in [2.45, 2.75) is 13.0 Å². The number of hydrogen-bond acceptors (Lipinski definition) is 3. The van der Waals surface area contributed by atoms with E-state index in [0.29, 0.717) is 5.57 Å². The summed E-state index contributed by atoms with van der Waals surface area (Å²) in [6.07, 6.45) is -0.840. The van der Waals surface area contributed by atoms with E-state index in [2.05, 4.69) is 0 Å². The Morgan fingerprint density at radius 2 is 1.94 bits per heavy atom. The first-order chi connectivity index (χ1) is 7.61. The summed E-state index contributed by atoms with van der Waals surface area (Å²) in [5.41, 5.74) is 1.39. The van der Waals surface area contributed by atoms with Crippen molar-refractivity contribution in [1.29, 1.82) is 0 Å². The molecule has 0 saturated carbocycles. The summed E-state index contributed by atoms with van der Waals surface area (Å²) in [6, 6.07) is 9.17. The van der Waals surface area contributed by atoms with Gasteiger partial charge in [-0.2, -0.15) is 0 Å². The van der Waals surface area contributed by atoms with Crippen molar-refractivity contribution in [1.82, 2.24) is 0 Å². The SMILES string of the molecule is CC(=O)OC1C(=O)C(Cl)=C1c1ccccc1. The van der Waals surface area contributed by atoms with E-state index >= 15 is 0 Å². The first kappa shape index (κ1) is 10.9. The second-order valence-electron chi connectivity index (χ2n) is 3.45. The molecule has 0 fully saturated rings. The molecule has 0 radical (unpaired) electrons. The number of benzene rings is 1. The lowest BCUT2D eigenvalue weighted by molar-refractivity contribution is -0.149. The molecule has 16 heavy (non-hydrogen) atoms. The van der Waals surface area contributed by atoms with Crippen LogP contribution < -0.4 is 0 Å². The van der Waals surface area contributed by atoms with E-state index in [4.69, 9.17) is 16.3 Å². The van der Waals surface area contributed by atoms with Gasteiger partial charge in [-0.1, -0.05) is 41.9 Å². The van der Waals surface area contributed by atoms with Gasteiger partial charge in [0.2, 0.25) is 5.78 Å². The maximum Gasteiger partial charge on any atom is 0.303 e. The molecule has 4 heteroatoms. The van der Waals surface area contributed by atoms with Crippen molar-refractivity contribution in [2.24, 2.45) is 0 Å². The van der Waals surface area contributed by atoms with Crippen LogP contribution >= 0.6 is 11.6 Å². The maximum absolute atomic E-state index is 11.4. The Hall–Kier alpha value is -1.61. The second-order valence-corrected chi connectivity index (χ2v) is 3.83. The van der Waals surface area contributed by atoms with E-state index < -0.39 is 12.1 Å². The number of rotatable bonds is 2. The molecule has 82 valence electrons. The summed E-state index contributed by atoms with van der Waals surface area (Å²) in [5, 5.41) is 0.150. The Morgan fingerprint density at radius 1 is 1.31 bits per heavy atom. The molecule has 0 saturated heterocycles. The minimum absolute atomic E-state index is 0.150. The van der Waals surface area contributed by atoms with Crippen molar-refractivity contribution in [3.8, 4) is 0 Å². The van der Waals surface area contributed by atoms with E-state index in [1.165, 1.54) is 6.92 Å². The fraction of sp³-hybridized carbons (Fsp3) is 0.167. The minimum atomic E-state index is -0.840. The molecule has 1 aromatic carbocycles. The standard InChI is InChI=1S/C12H9ClO3/c1-7(14)16-12-9(10(13)11(12)15)8-5-3-2-4-6-8/h2-6,12H,1H3. The van der Waals surface area contributed by atoms with E-state index in [-0.39, 0.29) is 10.8 Å². The normalized spacial score (nSPS) is 19.4. The summed E-state index contributed by atoms with van der Waals surface area (Å²) in [5.74, 6) is -0.827. The van der Waals surface area contributed by atoms with Crippen molar-refractivity contribution in [3.63, 3.8) is 0 Å². The molecule has 1 aliphatic carbocycles. The Balaban J connectivity index is 2.33. The van der Waals surface area contributed by atoms with Crippen LogP contribution in [0.2, 0.25) is 0 Å².